The number of aliphatic carboxylic acids is 2. The minimum atomic E-state index is -3.02. The third-order valence-corrected chi connectivity index (χ3v) is 4.36. The van der Waals surface area contributed by atoms with Crippen molar-refractivity contribution < 1.29 is 43.0 Å². The van der Waals surface area contributed by atoms with Crippen LogP contribution >= 0.6 is 0 Å². The van der Waals surface area contributed by atoms with Crippen molar-refractivity contribution in [3.05, 3.63) is 35.4 Å². The first kappa shape index (κ1) is 26.7. The monoisotopic (exact) mass is 456 g/mol. The molecule has 0 aliphatic rings. The molecule has 11 heteroatoms. The summed E-state index contributed by atoms with van der Waals surface area (Å²) in [6.07, 6.45) is -4.37. The third-order valence-electron chi connectivity index (χ3n) is 4.36. The second-order valence-corrected chi connectivity index (χ2v) is 7.67. The third kappa shape index (κ3) is 9.63. The van der Waals surface area contributed by atoms with Gasteiger partial charge in [0.05, 0.1) is 12.8 Å². The van der Waals surface area contributed by atoms with Gasteiger partial charge in [-0.25, -0.2) is 13.6 Å². The number of carbonyl (C=O) groups excluding carboxylic acids is 3. The molecule has 1 aromatic rings. The van der Waals surface area contributed by atoms with Gasteiger partial charge >= 0.3 is 11.9 Å². The Morgan fingerprint density at radius 1 is 0.844 bits per heavy atom. The van der Waals surface area contributed by atoms with E-state index in [-0.39, 0.29) is 25.2 Å². The van der Waals surface area contributed by atoms with Gasteiger partial charge in [-0.3, -0.25) is 19.2 Å². The maximum absolute atomic E-state index is 12.7. The quantitative estimate of drug-likeness (QED) is 0.326. The molecule has 32 heavy (non-hydrogen) atoms. The number of halogens is 2. The van der Waals surface area contributed by atoms with Gasteiger partial charge in [0.2, 0.25) is 18.2 Å². The normalized spacial score (nSPS) is 12.8. The van der Waals surface area contributed by atoms with Crippen molar-refractivity contribution in [2.45, 2.75) is 58.0 Å². The first-order valence-corrected chi connectivity index (χ1v) is 9.83. The number of hydrogen-bond donors (Lipinski definition) is 4. The van der Waals surface area contributed by atoms with Gasteiger partial charge in [0.15, 0.2) is 0 Å². The zero-order valence-electron chi connectivity index (χ0n) is 17.6. The summed E-state index contributed by atoms with van der Waals surface area (Å²) in [6.45, 7) is 3.51. The van der Waals surface area contributed by atoms with Crippen LogP contribution in [0.25, 0.3) is 0 Å². The summed E-state index contributed by atoms with van der Waals surface area (Å²) in [5.74, 6) is -6.12. The van der Waals surface area contributed by atoms with Crippen LogP contribution in [0.1, 0.15) is 37.8 Å². The lowest BCUT2D eigenvalue weighted by molar-refractivity contribution is -0.151. The highest BCUT2D eigenvalue weighted by molar-refractivity contribution is 6.35. The second-order valence-electron chi connectivity index (χ2n) is 7.67. The molecule has 0 saturated carbocycles. The maximum atomic E-state index is 12.7. The van der Waals surface area contributed by atoms with Crippen LogP contribution in [0.2, 0.25) is 0 Å². The van der Waals surface area contributed by atoms with Crippen LogP contribution in [0, 0.1) is 5.92 Å². The zero-order chi connectivity index (χ0) is 24.4. The van der Waals surface area contributed by atoms with Crippen LogP contribution in [-0.2, 0) is 36.8 Å². The van der Waals surface area contributed by atoms with Gasteiger partial charge in [0.25, 0.3) is 5.78 Å². The smallest absolute Gasteiger partial charge is 0.374 e. The first-order chi connectivity index (χ1) is 14.9. The van der Waals surface area contributed by atoms with Crippen LogP contribution in [0.4, 0.5) is 8.78 Å². The molecule has 0 spiro atoms. The van der Waals surface area contributed by atoms with E-state index in [0.29, 0.717) is 11.1 Å². The van der Waals surface area contributed by atoms with Gasteiger partial charge in [0, 0.05) is 6.42 Å². The molecule has 0 fully saturated rings. The van der Waals surface area contributed by atoms with E-state index in [4.69, 9.17) is 10.2 Å². The number of nitrogens with one attached hydrogen (secondary N) is 2. The Hall–Kier alpha value is -3.37. The van der Waals surface area contributed by atoms with E-state index < -0.39 is 54.5 Å². The van der Waals surface area contributed by atoms with E-state index in [1.165, 1.54) is 0 Å². The van der Waals surface area contributed by atoms with Crippen molar-refractivity contribution in [1.82, 2.24) is 10.6 Å². The van der Waals surface area contributed by atoms with E-state index >= 15 is 0 Å². The fraction of sp³-hybridized carbons (Fsp3) is 0.476. The largest absolute Gasteiger partial charge is 0.481 e. The molecular weight excluding hydrogens is 430 g/mol. The molecule has 0 aliphatic carbocycles. The Morgan fingerprint density at radius 2 is 1.38 bits per heavy atom. The molecule has 0 aliphatic heterocycles. The lowest BCUT2D eigenvalue weighted by Crippen LogP contribution is -2.53. The number of carbonyl (C=O) groups is 5. The average molecular weight is 456 g/mol. The first-order valence-electron chi connectivity index (χ1n) is 9.83. The molecule has 1 aromatic carbocycles. The van der Waals surface area contributed by atoms with Gasteiger partial charge in [-0.15, -0.1) is 0 Å². The van der Waals surface area contributed by atoms with E-state index in [1.807, 2.05) is 5.32 Å². The highest BCUT2D eigenvalue weighted by Crippen LogP contribution is 2.11. The number of ketones is 1. The Balaban J connectivity index is 2.86. The predicted molar refractivity (Wildman–Crippen MR) is 108 cm³/mol. The molecule has 1 rings (SSSR count). The maximum Gasteiger partial charge on any atom is 0.374 e. The fourth-order valence-electron chi connectivity index (χ4n) is 2.91. The molecule has 0 saturated heterocycles. The molecule has 2 amide bonds. The van der Waals surface area contributed by atoms with Crippen LogP contribution < -0.4 is 10.6 Å². The molecule has 9 nitrogen and oxygen atoms in total. The summed E-state index contributed by atoms with van der Waals surface area (Å²) >= 11 is 0. The summed E-state index contributed by atoms with van der Waals surface area (Å²) in [4.78, 5) is 58.2. The summed E-state index contributed by atoms with van der Waals surface area (Å²) in [5.41, 5.74) is 1.10. The lowest BCUT2D eigenvalue weighted by Gasteiger charge is -2.23. The Bertz CT molecular complexity index is 841. The summed E-state index contributed by atoms with van der Waals surface area (Å²) in [7, 11) is 0. The van der Waals surface area contributed by atoms with Crippen molar-refractivity contribution >= 4 is 29.5 Å². The fourth-order valence-corrected chi connectivity index (χ4v) is 2.91. The van der Waals surface area contributed by atoms with E-state index in [0.717, 1.165) is 0 Å². The Labute approximate surface area is 183 Å². The average Bonchev–Trinajstić information content (AvgIpc) is 2.66. The van der Waals surface area contributed by atoms with E-state index in [9.17, 15) is 32.8 Å². The van der Waals surface area contributed by atoms with Gasteiger partial charge in [-0.05, 0) is 23.5 Å². The molecule has 2 atom stereocenters. The minimum absolute atomic E-state index is 0.0925. The van der Waals surface area contributed by atoms with Gasteiger partial charge in [-0.1, -0.05) is 38.1 Å². The summed E-state index contributed by atoms with van der Waals surface area (Å²) in [6, 6.07) is 3.16. The molecule has 176 valence electrons. The minimum Gasteiger partial charge on any atom is -0.481 e. The van der Waals surface area contributed by atoms with Crippen molar-refractivity contribution in [3.63, 3.8) is 0 Å². The van der Waals surface area contributed by atoms with Crippen molar-refractivity contribution in [1.29, 1.82) is 0 Å². The predicted octanol–water partition coefficient (Wildman–Crippen LogP) is 1.18. The highest BCUT2D eigenvalue weighted by Gasteiger charge is 2.32. The number of hydrogen-bond acceptors (Lipinski definition) is 5. The van der Waals surface area contributed by atoms with Crippen LogP contribution in [0.5, 0.6) is 0 Å². The Morgan fingerprint density at radius 3 is 1.81 bits per heavy atom. The van der Waals surface area contributed by atoms with Crippen LogP contribution in [-0.4, -0.2) is 58.3 Å². The summed E-state index contributed by atoms with van der Waals surface area (Å²) in [5, 5.41) is 22.1. The number of rotatable bonds is 13. The second kappa shape index (κ2) is 12.5. The topological polar surface area (TPSA) is 150 Å². The van der Waals surface area contributed by atoms with Crippen molar-refractivity contribution in [2.75, 3.05) is 0 Å². The molecule has 0 radical (unpaired) electrons. The SMILES string of the molecule is CC(C)CC(NC(=O)Cc1ccc(CC(=O)O)cc1)C(=O)NC(CC(F)F)C(=O)C(=O)O. The number of alkyl halides is 2. The van der Waals surface area contributed by atoms with Gasteiger partial charge in [0.1, 0.15) is 12.1 Å². The molecule has 0 aromatic heterocycles. The van der Waals surface area contributed by atoms with E-state index in [1.54, 1.807) is 38.1 Å². The van der Waals surface area contributed by atoms with Crippen LogP contribution in [0.3, 0.4) is 0 Å². The van der Waals surface area contributed by atoms with Crippen molar-refractivity contribution in [2.24, 2.45) is 5.92 Å². The van der Waals surface area contributed by atoms with Crippen molar-refractivity contribution in [3.8, 4) is 0 Å². The van der Waals surface area contributed by atoms with Crippen LogP contribution in [0.15, 0.2) is 24.3 Å². The molecule has 2 unspecified atom stereocenters. The molecular formula is C21H26F2N2O7. The van der Waals surface area contributed by atoms with Gasteiger partial charge in [-0.2, -0.15) is 0 Å². The highest BCUT2D eigenvalue weighted by atomic mass is 19.3. The number of carboxylic acids is 2. The van der Waals surface area contributed by atoms with E-state index in [2.05, 4.69) is 5.32 Å². The molecule has 4 N–H and O–H groups in total. The summed E-state index contributed by atoms with van der Waals surface area (Å²) < 4.78 is 25.4. The van der Waals surface area contributed by atoms with Gasteiger partial charge < -0.3 is 20.8 Å². The lowest BCUT2D eigenvalue weighted by atomic mass is 10.0. The molecule has 0 heterocycles. The standard InChI is InChI=1S/C21H26F2N2O7/c1-11(2)7-15(20(30)25-14(10-16(22)23)19(29)21(31)32)24-17(26)8-12-3-5-13(6-4-12)9-18(27)28/h3-6,11,14-16H,7-10H2,1-2H3,(H,24,26)(H,25,30)(H,27,28)(H,31,32). The zero-order valence-corrected chi connectivity index (χ0v) is 17.6. The number of carboxylic acid groups (broad SMARTS) is 2. The number of Topliss-reactive ketones (excluding diaryl/α,β-unsaturated/α-hetero) is 1. The number of benzene rings is 1. The Kier molecular flexibility index (Phi) is 10.4. The number of amides is 2. The molecule has 0 bridgehead atoms.